The Morgan fingerprint density at radius 1 is 0.338 bits per heavy atom. The van der Waals surface area contributed by atoms with E-state index in [1.54, 1.807) is 0 Å². The lowest BCUT2D eigenvalue weighted by atomic mass is 10.0. The van der Waals surface area contributed by atoms with Crippen molar-refractivity contribution in [1.29, 1.82) is 0 Å². The number of nitrogens with zero attached hydrogens (tertiary/aromatic N) is 4. The van der Waals surface area contributed by atoms with E-state index in [2.05, 4.69) is 305 Å². The maximum Gasteiger partial charge on any atom is 0.0561 e. The number of hydrogen-bond donors (Lipinski definition) is 0. The van der Waals surface area contributed by atoms with Crippen LogP contribution in [-0.4, -0.2) is 6.04 Å². The first kappa shape index (κ1) is 43.2. The Hall–Kier alpha value is -9.12. The number of para-hydroxylation sites is 3. The zero-order valence-corrected chi connectivity index (χ0v) is 39.4. The first-order valence-corrected chi connectivity index (χ1v) is 24.6. The summed E-state index contributed by atoms with van der Waals surface area (Å²) in [5.41, 5.74) is 12.6. The van der Waals surface area contributed by atoms with Crippen LogP contribution in [0.15, 0.2) is 291 Å². The third-order valence-electron chi connectivity index (χ3n) is 13.7. The standard InChI is InChI=1S/C67H52N4/c1-4-24-55(25-5-1)68(49-50-34-35-51-18-10-11-21-54(51)48-50)56-36-38-59(39-37-56)69(60-40-44-62(45-41-60)70(57-26-6-2-7-27-57)66-32-16-22-52-19-12-14-30-64(52)66)61-42-46-63(47-43-61)71(58-28-8-3-9-29-58)67-33-17-23-53-20-13-15-31-65(53)67/h1-42,44-48,61H,43,49H2. The number of rotatable bonds is 13. The summed E-state index contributed by atoms with van der Waals surface area (Å²) in [6.07, 6.45) is 7.92. The van der Waals surface area contributed by atoms with Crippen molar-refractivity contribution < 1.29 is 0 Å². The monoisotopic (exact) mass is 912 g/mol. The van der Waals surface area contributed by atoms with Crippen LogP contribution < -0.4 is 19.6 Å². The SMILES string of the molecule is C1=CC(N(c2ccc(N(Cc3ccc4ccccc4c3)c3ccccc3)cc2)c2ccc(N(c3ccccc3)c3cccc4ccccc34)cc2)CC=C1N(c1ccccc1)c1cccc2ccccc12. The first-order chi connectivity index (χ1) is 35.2. The molecule has 1 aliphatic carbocycles. The average molecular weight is 913 g/mol. The van der Waals surface area contributed by atoms with Gasteiger partial charge in [-0.15, -0.1) is 0 Å². The Balaban J connectivity index is 0.933. The van der Waals surface area contributed by atoms with Crippen LogP contribution in [0, 0.1) is 0 Å². The zero-order valence-electron chi connectivity index (χ0n) is 39.4. The predicted octanol–water partition coefficient (Wildman–Crippen LogP) is 18.1. The molecule has 0 spiro atoms. The molecule has 1 aliphatic rings. The summed E-state index contributed by atoms with van der Waals surface area (Å²) in [4.78, 5) is 9.70. The molecule has 1 atom stereocenters. The lowest BCUT2D eigenvalue weighted by Crippen LogP contribution is -2.31. The largest absolute Gasteiger partial charge is 0.337 e. The Kier molecular flexibility index (Phi) is 11.8. The van der Waals surface area contributed by atoms with E-state index in [1.165, 1.54) is 37.9 Å². The van der Waals surface area contributed by atoms with Gasteiger partial charge in [0.15, 0.2) is 0 Å². The molecule has 4 nitrogen and oxygen atoms in total. The second kappa shape index (κ2) is 19.5. The van der Waals surface area contributed by atoms with E-state index in [9.17, 15) is 0 Å². The molecular formula is C67H52N4. The van der Waals surface area contributed by atoms with Crippen LogP contribution in [0.1, 0.15) is 12.0 Å². The van der Waals surface area contributed by atoms with E-state index in [-0.39, 0.29) is 6.04 Å². The van der Waals surface area contributed by atoms with E-state index in [4.69, 9.17) is 0 Å². The molecular weight excluding hydrogens is 861 g/mol. The van der Waals surface area contributed by atoms with E-state index >= 15 is 0 Å². The van der Waals surface area contributed by atoms with E-state index in [0.717, 1.165) is 69.8 Å². The van der Waals surface area contributed by atoms with Crippen molar-refractivity contribution in [3.63, 3.8) is 0 Å². The van der Waals surface area contributed by atoms with Gasteiger partial charge in [-0.3, -0.25) is 0 Å². The summed E-state index contributed by atoms with van der Waals surface area (Å²) in [5.74, 6) is 0. The van der Waals surface area contributed by atoms with Gasteiger partial charge in [-0.1, -0.05) is 176 Å². The molecule has 0 bridgehead atoms. The second-order valence-corrected chi connectivity index (χ2v) is 18.1. The topological polar surface area (TPSA) is 13.0 Å². The number of allylic oxidation sites excluding steroid dienone is 1. The van der Waals surface area contributed by atoms with Gasteiger partial charge >= 0.3 is 0 Å². The van der Waals surface area contributed by atoms with Gasteiger partial charge in [0.2, 0.25) is 0 Å². The van der Waals surface area contributed by atoms with Crippen molar-refractivity contribution in [1.82, 2.24) is 0 Å². The number of hydrogen-bond acceptors (Lipinski definition) is 4. The molecule has 11 aromatic carbocycles. The minimum absolute atomic E-state index is 0.0340. The van der Waals surface area contributed by atoms with Crippen LogP contribution in [0.4, 0.5) is 51.2 Å². The van der Waals surface area contributed by atoms with Gasteiger partial charge in [0.05, 0.1) is 17.4 Å². The zero-order chi connectivity index (χ0) is 47.3. The third-order valence-corrected chi connectivity index (χ3v) is 13.7. The molecule has 0 amide bonds. The fourth-order valence-electron chi connectivity index (χ4n) is 10.3. The van der Waals surface area contributed by atoms with Gasteiger partial charge in [-0.05, 0) is 143 Å². The summed E-state index contributed by atoms with van der Waals surface area (Å²) < 4.78 is 0. The fourth-order valence-corrected chi connectivity index (χ4v) is 10.3. The van der Waals surface area contributed by atoms with Crippen LogP contribution in [0.2, 0.25) is 0 Å². The van der Waals surface area contributed by atoms with Crippen LogP contribution in [0.3, 0.4) is 0 Å². The first-order valence-electron chi connectivity index (χ1n) is 24.6. The molecule has 4 heteroatoms. The molecule has 0 N–H and O–H groups in total. The minimum atomic E-state index is 0.0340. The van der Waals surface area contributed by atoms with Crippen molar-refractivity contribution >= 4 is 83.5 Å². The van der Waals surface area contributed by atoms with Crippen LogP contribution >= 0.6 is 0 Å². The maximum absolute atomic E-state index is 2.50. The normalized spacial score (nSPS) is 13.2. The molecule has 0 aromatic heterocycles. The Morgan fingerprint density at radius 2 is 0.775 bits per heavy atom. The molecule has 71 heavy (non-hydrogen) atoms. The molecule has 0 radical (unpaired) electrons. The molecule has 11 aromatic rings. The summed E-state index contributed by atoms with van der Waals surface area (Å²) >= 11 is 0. The van der Waals surface area contributed by atoms with Gasteiger partial charge in [0.1, 0.15) is 0 Å². The lowest BCUT2D eigenvalue weighted by molar-refractivity contribution is 0.776. The van der Waals surface area contributed by atoms with Gasteiger partial charge in [-0.25, -0.2) is 0 Å². The molecule has 0 aliphatic heterocycles. The van der Waals surface area contributed by atoms with Crippen molar-refractivity contribution in [2.75, 3.05) is 19.6 Å². The highest BCUT2D eigenvalue weighted by Gasteiger charge is 2.25. The fraction of sp³-hybridized carbons (Fsp3) is 0.0448. The summed E-state index contributed by atoms with van der Waals surface area (Å²) in [5, 5.41) is 7.36. The molecule has 0 fully saturated rings. The summed E-state index contributed by atoms with van der Waals surface area (Å²) in [7, 11) is 0. The number of benzene rings is 11. The Morgan fingerprint density at radius 3 is 1.35 bits per heavy atom. The molecule has 12 rings (SSSR count). The molecule has 1 unspecified atom stereocenters. The van der Waals surface area contributed by atoms with Crippen LogP contribution in [0.5, 0.6) is 0 Å². The van der Waals surface area contributed by atoms with Gasteiger partial charge in [-0.2, -0.15) is 0 Å². The highest BCUT2D eigenvalue weighted by molar-refractivity contribution is 5.99. The van der Waals surface area contributed by atoms with Crippen molar-refractivity contribution in [2.45, 2.75) is 19.0 Å². The average Bonchev–Trinajstić information content (AvgIpc) is 3.44. The predicted molar refractivity (Wildman–Crippen MR) is 302 cm³/mol. The van der Waals surface area contributed by atoms with Crippen molar-refractivity contribution in [3.05, 3.63) is 296 Å². The minimum Gasteiger partial charge on any atom is -0.337 e. The number of anilines is 9. The maximum atomic E-state index is 2.50. The molecule has 340 valence electrons. The summed E-state index contributed by atoms with van der Waals surface area (Å²) in [6.45, 7) is 0.738. The molecule has 0 heterocycles. The van der Waals surface area contributed by atoms with Crippen molar-refractivity contribution in [2.24, 2.45) is 0 Å². The van der Waals surface area contributed by atoms with E-state index < -0.39 is 0 Å². The van der Waals surface area contributed by atoms with Crippen LogP contribution in [0.25, 0.3) is 32.3 Å². The summed E-state index contributed by atoms with van der Waals surface area (Å²) in [6, 6.07) is 96.4. The second-order valence-electron chi connectivity index (χ2n) is 18.1. The van der Waals surface area contributed by atoms with Gasteiger partial charge in [0, 0.05) is 62.8 Å². The third kappa shape index (κ3) is 8.80. The van der Waals surface area contributed by atoms with Crippen LogP contribution in [-0.2, 0) is 6.54 Å². The highest BCUT2D eigenvalue weighted by atomic mass is 15.2. The lowest BCUT2D eigenvalue weighted by Gasteiger charge is -2.36. The Bertz CT molecular complexity index is 3650. The van der Waals surface area contributed by atoms with E-state index in [1.807, 2.05) is 0 Å². The van der Waals surface area contributed by atoms with Gasteiger partial charge in [0.25, 0.3) is 0 Å². The quantitative estimate of drug-likeness (QED) is 0.114. The van der Waals surface area contributed by atoms with E-state index in [0.29, 0.717) is 0 Å². The Labute approximate surface area is 416 Å². The smallest absolute Gasteiger partial charge is 0.0561 e. The van der Waals surface area contributed by atoms with Crippen molar-refractivity contribution in [3.8, 4) is 0 Å². The molecule has 0 saturated heterocycles. The number of fused-ring (bicyclic) bond motifs is 3. The van der Waals surface area contributed by atoms with Gasteiger partial charge < -0.3 is 19.6 Å². The molecule has 0 saturated carbocycles. The highest BCUT2D eigenvalue weighted by Crippen LogP contribution is 2.43.